The van der Waals surface area contributed by atoms with E-state index in [9.17, 15) is 9.59 Å². The molecular formula is C20H21Cl2NO5. The molecule has 0 aliphatic rings. The molecule has 1 amide bonds. The van der Waals surface area contributed by atoms with E-state index in [0.717, 1.165) is 5.56 Å². The van der Waals surface area contributed by atoms with Crippen molar-refractivity contribution in [3.63, 3.8) is 0 Å². The van der Waals surface area contributed by atoms with Gasteiger partial charge in [0.25, 0.3) is 5.91 Å². The fourth-order valence-corrected chi connectivity index (χ4v) is 2.87. The third-order valence-electron chi connectivity index (χ3n) is 3.98. The number of halogens is 2. The monoisotopic (exact) mass is 425 g/mol. The Morgan fingerprint density at radius 3 is 2.43 bits per heavy atom. The number of esters is 1. The summed E-state index contributed by atoms with van der Waals surface area (Å²) in [5.41, 5.74) is 1.40. The average molecular weight is 426 g/mol. The van der Waals surface area contributed by atoms with Gasteiger partial charge >= 0.3 is 5.97 Å². The molecule has 0 bridgehead atoms. The van der Waals surface area contributed by atoms with Crippen molar-refractivity contribution in [1.82, 2.24) is 5.32 Å². The third kappa shape index (κ3) is 6.04. The molecule has 1 atom stereocenters. The maximum absolute atomic E-state index is 12.1. The van der Waals surface area contributed by atoms with Crippen LogP contribution >= 0.6 is 23.2 Å². The molecule has 2 aromatic carbocycles. The van der Waals surface area contributed by atoms with Crippen LogP contribution in [0.25, 0.3) is 0 Å². The molecule has 150 valence electrons. The van der Waals surface area contributed by atoms with Crippen LogP contribution in [0.1, 0.15) is 24.1 Å². The highest BCUT2D eigenvalue weighted by molar-refractivity contribution is 6.42. The predicted octanol–water partition coefficient (Wildman–Crippen LogP) is 3.97. The third-order valence-corrected chi connectivity index (χ3v) is 4.72. The minimum Gasteiger partial charge on any atom is -0.497 e. The van der Waals surface area contributed by atoms with Gasteiger partial charge in [-0.2, -0.15) is 0 Å². The fourth-order valence-electron chi connectivity index (χ4n) is 2.55. The number of hydrogen-bond acceptors (Lipinski definition) is 5. The number of rotatable bonds is 8. The summed E-state index contributed by atoms with van der Waals surface area (Å²) in [7, 11) is 3.10. The Labute approximate surface area is 173 Å². The maximum Gasteiger partial charge on any atom is 0.310 e. The van der Waals surface area contributed by atoms with E-state index in [1.165, 1.54) is 0 Å². The van der Waals surface area contributed by atoms with Crippen LogP contribution < -0.4 is 14.8 Å². The molecule has 0 heterocycles. The summed E-state index contributed by atoms with van der Waals surface area (Å²) in [6.45, 7) is 1.41. The molecule has 6 nitrogen and oxygen atoms in total. The Morgan fingerprint density at radius 2 is 1.79 bits per heavy atom. The molecule has 28 heavy (non-hydrogen) atoms. The van der Waals surface area contributed by atoms with Gasteiger partial charge in [0.15, 0.2) is 6.61 Å². The highest BCUT2D eigenvalue weighted by Gasteiger charge is 2.16. The zero-order valence-electron chi connectivity index (χ0n) is 15.8. The second-order valence-corrected chi connectivity index (χ2v) is 6.80. The van der Waals surface area contributed by atoms with Gasteiger partial charge < -0.3 is 19.5 Å². The van der Waals surface area contributed by atoms with Crippen molar-refractivity contribution in [2.24, 2.45) is 0 Å². The Balaban J connectivity index is 1.89. The molecule has 0 spiro atoms. The standard InChI is InChI=1S/C20H21Cl2NO5/c1-12(15-10-14(26-2)5-7-18(15)27-3)23-19(24)11-28-20(25)9-13-4-6-16(21)17(22)8-13/h4-8,10,12H,9,11H2,1-3H3,(H,23,24). The van der Waals surface area contributed by atoms with E-state index in [0.29, 0.717) is 27.1 Å². The maximum atomic E-state index is 12.1. The lowest BCUT2D eigenvalue weighted by Gasteiger charge is -2.18. The predicted molar refractivity (Wildman–Crippen MR) is 107 cm³/mol. The Bertz CT molecular complexity index is 856. The number of hydrogen-bond donors (Lipinski definition) is 1. The minimum absolute atomic E-state index is 0.0105. The Kier molecular flexibility index (Phi) is 7.96. The Hall–Kier alpha value is -2.44. The number of carbonyl (C=O) groups is 2. The topological polar surface area (TPSA) is 73.9 Å². The smallest absolute Gasteiger partial charge is 0.310 e. The van der Waals surface area contributed by atoms with Crippen molar-refractivity contribution >= 4 is 35.1 Å². The summed E-state index contributed by atoms with van der Waals surface area (Å²) in [5.74, 6) is 0.287. The minimum atomic E-state index is -0.542. The van der Waals surface area contributed by atoms with Crippen molar-refractivity contribution in [3.8, 4) is 11.5 Å². The average Bonchev–Trinajstić information content (AvgIpc) is 2.68. The first-order chi connectivity index (χ1) is 13.3. The van der Waals surface area contributed by atoms with Crippen molar-refractivity contribution in [3.05, 3.63) is 57.6 Å². The zero-order valence-corrected chi connectivity index (χ0v) is 17.3. The van der Waals surface area contributed by atoms with Gasteiger partial charge in [-0.05, 0) is 42.8 Å². The molecule has 1 unspecified atom stereocenters. The van der Waals surface area contributed by atoms with E-state index >= 15 is 0 Å². The van der Waals surface area contributed by atoms with Crippen LogP contribution in [-0.4, -0.2) is 32.7 Å². The van der Waals surface area contributed by atoms with E-state index in [-0.39, 0.29) is 12.5 Å². The van der Waals surface area contributed by atoms with Crippen LogP contribution in [0.5, 0.6) is 11.5 Å². The number of benzene rings is 2. The molecule has 0 fully saturated rings. The van der Waals surface area contributed by atoms with Gasteiger partial charge in [-0.25, -0.2) is 0 Å². The van der Waals surface area contributed by atoms with E-state index < -0.39 is 18.5 Å². The van der Waals surface area contributed by atoms with Crippen molar-refractivity contribution in [1.29, 1.82) is 0 Å². The summed E-state index contributed by atoms with van der Waals surface area (Å²) in [4.78, 5) is 24.1. The van der Waals surface area contributed by atoms with Crippen LogP contribution in [-0.2, 0) is 20.7 Å². The molecule has 0 aliphatic heterocycles. The molecule has 0 aromatic heterocycles. The summed E-state index contributed by atoms with van der Waals surface area (Å²) in [6, 6.07) is 9.79. The molecule has 0 aliphatic carbocycles. The van der Waals surface area contributed by atoms with Gasteiger partial charge in [-0.1, -0.05) is 29.3 Å². The van der Waals surface area contributed by atoms with Crippen LogP contribution in [0.15, 0.2) is 36.4 Å². The lowest BCUT2D eigenvalue weighted by atomic mass is 10.1. The first-order valence-electron chi connectivity index (χ1n) is 8.45. The van der Waals surface area contributed by atoms with Crippen molar-refractivity contribution in [2.45, 2.75) is 19.4 Å². The second-order valence-electron chi connectivity index (χ2n) is 5.98. The van der Waals surface area contributed by atoms with Gasteiger partial charge in [0.1, 0.15) is 11.5 Å². The zero-order chi connectivity index (χ0) is 20.7. The Morgan fingerprint density at radius 1 is 1.04 bits per heavy atom. The van der Waals surface area contributed by atoms with E-state index in [1.807, 2.05) is 0 Å². The van der Waals surface area contributed by atoms with Gasteiger partial charge in [0.2, 0.25) is 0 Å². The van der Waals surface area contributed by atoms with E-state index in [1.54, 1.807) is 57.5 Å². The fraction of sp³-hybridized carbons (Fsp3) is 0.300. The van der Waals surface area contributed by atoms with Gasteiger partial charge in [-0.15, -0.1) is 0 Å². The van der Waals surface area contributed by atoms with Crippen LogP contribution in [0.4, 0.5) is 0 Å². The SMILES string of the molecule is COc1ccc(OC)c(C(C)NC(=O)COC(=O)Cc2ccc(Cl)c(Cl)c2)c1. The largest absolute Gasteiger partial charge is 0.497 e. The number of carbonyl (C=O) groups excluding carboxylic acids is 2. The lowest BCUT2D eigenvalue weighted by molar-refractivity contribution is -0.148. The first-order valence-corrected chi connectivity index (χ1v) is 9.20. The quantitative estimate of drug-likeness (QED) is 0.647. The van der Waals surface area contributed by atoms with E-state index in [2.05, 4.69) is 5.32 Å². The van der Waals surface area contributed by atoms with Gasteiger partial charge in [0, 0.05) is 5.56 Å². The molecular weight excluding hydrogens is 405 g/mol. The lowest BCUT2D eigenvalue weighted by Crippen LogP contribution is -2.31. The second kappa shape index (κ2) is 10.2. The van der Waals surface area contributed by atoms with Gasteiger partial charge in [-0.3, -0.25) is 9.59 Å². The molecule has 2 aromatic rings. The molecule has 0 saturated heterocycles. The normalized spacial score (nSPS) is 11.5. The number of ether oxygens (including phenoxy) is 3. The summed E-state index contributed by atoms with van der Waals surface area (Å²) in [6.07, 6.45) is -0.0105. The highest BCUT2D eigenvalue weighted by atomic mass is 35.5. The van der Waals surface area contributed by atoms with E-state index in [4.69, 9.17) is 37.4 Å². The number of nitrogens with one attached hydrogen (secondary N) is 1. The summed E-state index contributed by atoms with van der Waals surface area (Å²) < 4.78 is 15.6. The first kappa shape index (κ1) is 21.9. The molecule has 0 radical (unpaired) electrons. The number of amides is 1. The van der Waals surface area contributed by atoms with Gasteiger partial charge in [0.05, 0.1) is 36.7 Å². The highest BCUT2D eigenvalue weighted by Crippen LogP contribution is 2.29. The molecule has 1 N–H and O–H groups in total. The van der Waals surface area contributed by atoms with Crippen molar-refractivity contribution < 1.29 is 23.8 Å². The molecule has 0 saturated carbocycles. The van der Waals surface area contributed by atoms with Crippen molar-refractivity contribution in [2.75, 3.05) is 20.8 Å². The summed E-state index contributed by atoms with van der Waals surface area (Å²) >= 11 is 11.8. The summed E-state index contributed by atoms with van der Waals surface area (Å²) in [5, 5.41) is 3.52. The molecule has 2 rings (SSSR count). The number of methoxy groups -OCH3 is 2. The molecule has 8 heteroatoms. The van der Waals surface area contributed by atoms with Crippen LogP contribution in [0.2, 0.25) is 10.0 Å². The van der Waals surface area contributed by atoms with Crippen LogP contribution in [0, 0.1) is 0 Å². The van der Waals surface area contributed by atoms with Crippen LogP contribution in [0.3, 0.4) is 0 Å².